The third kappa shape index (κ3) is 3.12. The molecule has 3 rings (SSSR count). The van der Waals surface area contributed by atoms with E-state index in [9.17, 15) is 14.9 Å². The zero-order valence-electron chi connectivity index (χ0n) is 13.2. The number of nitro groups is 1. The van der Waals surface area contributed by atoms with Crippen molar-refractivity contribution in [2.24, 2.45) is 0 Å². The van der Waals surface area contributed by atoms with Gasteiger partial charge in [-0.2, -0.15) is 0 Å². The fourth-order valence-corrected chi connectivity index (χ4v) is 2.73. The van der Waals surface area contributed by atoms with Crippen molar-refractivity contribution in [1.82, 2.24) is 9.88 Å². The van der Waals surface area contributed by atoms with Crippen molar-refractivity contribution < 1.29 is 9.72 Å². The summed E-state index contributed by atoms with van der Waals surface area (Å²) >= 11 is 0. The Morgan fingerprint density at radius 3 is 2.75 bits per heavy atom. The Morgan fingerprint density at radius 1 is 1.21 bits per heavy atom. The van der Waals surface area contributed by atoms with Crippen LogP contribution in [-0.4, -0.2) is 21.9 Å². The number of carbonyl (C=O) groups is 1. The largest absolute Gasteiger partial charge is 0.350 e. The van der Waals surface area contributed by atoms with Gasteiger partial charge in [0.25, 0.3) is 11.6 Å². The highest BCUT2D eigenvalue weighted by Gasteiger charge is 2.13. The Bertz CT molecular complexity index is 915. The van der Waals surface area contributed by atoms with Crippen LogP contribution >= 0.6 is 0 Å². The highest BCUT2D eigenvalue weighted by molar-refractivity contribution is 5.94. The van der Waals surface area contributed by atoms with Gasteiger partial charge >= 0.3 is 0 Å². The lowest BCUT2D eigenvalue weighted by molar-refractivity contribution is -0.385. The molecule has 24 heavy (non-hydrogen) atoms. The van der Waals surface area contributed by atoms with E-state index in [0.717, 1.165) is 10.9 Å². The summed E-state index contributed by atoms with van der Waals surface area (Å²) in [6.07, 6.45) is 1.99. The first-order valence-electron chi connectivity index (χ1n) is 7.63. The first-order valence-corrected chi connectivity index (χ1v) is 7.63. The number of hydrogen-bond acceptors (Lipinski definition) is 3. The lowest BCUT2D eigenvalue weighted by atomic mass is 10.1. The van der Waals surface area contributed by atoms with E-state index in [4.69, 9.17) is 0 Å². The molecule has 0 saturated carbocycles. The van der Waals surface area contributed by atoms with Crippen LogP contribution in [0, 0.1) is 17.0 Å². The molecule has 0 saturated heterocycles. The summed E-state index contributed by atoms with van der Waals surface area (Å²) in [5, 5.41) is 14.8. The van der Waals surface area contributed by atoms with Gasteiger partial charge < -0.3 is 9.88 Å². The van der Waals surface area contributed by atoms with Crippen LogP contribution in [0.2, 0.25) is 0 Å². The van der Waals surface area contributed by atoms with Gasteiger partial charge in [-0.3, -0.25) is 14.9 Å². The summed E-state index contributed by atoms with van der Waals surface area (Å²) in [5.41, 5.74) is 2.04. The van der Waals surface area contributed by atoms with Crippen molar-refractivity contribution in [1.29, 1.82) is 0 Å². The monoisotopic (exact) mass is 323 g/mol. The fraction of sp³-hybridized carbons (Fsp3) is 0.167. The van der Waals surface area contributed by atoms with Crippen LogP contribution < -0.4 is 5.32 Å². The molecule has 0 unspecified atom stereocenters. The molecule has 6 heteroatoms. The minimum atomic E-state index is -0.450. The maximum absolute atomic E-state index is 12.2. The standard InChI is InChI=1S/C18H17N3O3/c1-13-12-15(6-7-16(13)21(23)24)18(22)19-9-11-20-10-8-14-4-2-3-5-17(14)20/h2-8,10,12H,9,11H2,1H3,(H,19,22). The number of fused-ring (bicyclic) bond motifs is 1. The fourth-order valence-electron chi connectivity index (χ4n) is 2.73. The maximum Gasteiger partial charge on any atom is 0.272 e. The number of rotatable bonds is 5. The SMILES string of the molecule is Cc1cc(C(=O)NCCn2ccc3ccccc32)ccc1[N+](=O)[O-]. The zero-order valence-corrected chi connectivity index (χ0v) is 13.2. The first kappa shape index (κ1) is 15.7. The molecule has 1 heterocycles. The molecular weight excluding hydrogens is 306 g/mol. The van der Waals surface area contributed by atoms with E-state index < -0.39 is 4.92 Å². The molecular formula is C18H17N3O3. The second-order valence-electron chi connectivity index (χ2n) is 5.58. The predicted octanol–water partition coefficient (Wildman–Crippen LogP) is 3.29. The first-order chi connectivity index (χ1) is 11.6. The molecule has 0 atom stereocenters. The third-order valence-electron chi connectivity index (χ3n) is 3.97. The molecule has 1 N–H and O–H groups in total. The van der Waals surface area contributed by atoms with Gasteiger partial charge in [0.1, 0.15) is 0 Å². The Hall–Kier alpha value is -3.15. The molecule has 0 aliphatic heterocycles. The average Bonchev–Trinajstić information content (AvgIpc) is 2.97. The third-order valence-corrected chi connectivity index (χ3v) is 3.97. The molecule has 3 aromatic rings. The quantitative estimate of drug-likeness (QED) is 0.578. The van der Waals surface area contributed by atoms with Crippen molar-refractivity contribution in [3.05, 3.63) is 76.0 Å². The topological polar surface area (TPSA) is 77.2 Å². The number of nitro benzene ring substituents is 1. The summed E-state index contributed by atoms with van der Waals surface area (Å²) in [5.74, 6) is -0.232. The number of carbonyl (C=O) groups excluding carboxylic acids is 1. The lowest BCUT2D eigenvalue weighted by Crippen LogP contribution is -2.27. The van der Waals surface area contributed by atoms with Crippen LogP contribution in [0.3, 0.4) is 0 Å². The van der Waals surface area contributed by atoms with E-state index in [-0.39, 0.29) is 11.6 Å². The van der Waals surface area contributed by atoms with Crippen LogP contribution in [0.5, 0.6) is 0 Å². The molecule has 2 aromatic carbocycles. The molecule has 0 aliphatic carbocycles. The Morgan fingerprint density at radius 2 is 2.00 bits per heavy atom. The molecule has 0 spiro atoms. The Labute approximate surface area is 138 Å². The van der Waals surface area contributed by atoms with Crippen LogP contribution in [0.1, 0.15) is 15.9 Å². The number of nitrogens with one attached hydrogen (secondary N) is 1. The molecule has 6 nitrogen and oxygen atoms in total. The van der Waals surface area contributed by atoms with Gasteiger partial charge in [-0.05, 0) is 36.6 Å². The predicted molar refractivity (Wildman–Crippen MR) is 92.1 cm³/mol. The molecule has 1 aromatic heterocycles. The van der Waals surface area contributed by atoms with Gasteiger partial charge in [0.15, 0.2) is 0 Å². The molecule has 0 radical (unpaired) electrons. The summed E-state index contributed by atoms with van der Waals surface area (Å²) in [6.45, 7) is 2.76. The van der Waals surface area contributed by atoms with Gasteiger partial charge in [-0.1, -0.05) is 18.2 Å². The summed E-state index contributed by atoms with van der Waals surface area (Å²) in [7, 11) is 0. The lowest BCUT2D eigenvalue weighted by Gasteiger charge is -2.08. The van der Waals surface area contributed by atoms with E-state index >= 15 is 0 Å². The minimum absolute atomic E-state index is 0.0189. The number of nitrogens with zero attached hydrogens (tertiary/aromatic N) is 2. The molecule has 0 bridgehead atoms. The van der Waals surface area contributed by atoms with Gasteiger partial charge in [0.05, 0.1) is 4.92 Å². The van der Waals surface area contributed by atoms with Gasteiger partial charge in [0, 0.05) is 42.0 Å². The van der Waals surface area contributed by atoms with Gasteiger partial charge in [-0.15, -0.1) is 0 Å². The highest BCUT2D eigenvalue weighted by atomic mass is 16.6. The number of aromatic nitrogens is 1. The number of hydrogen-bond donors (Lipinski definition) is 1. The number of para-hydroxylation sites is 1. The van der Waals surface area contributed by atoms with E-state index in [2.05, 4.69) is 9.88 Å². The average molecular weight is 323 g/mol. The van der Waals surface area contributed by atoms with Crippen LogP contribution in [0.4, 0.5) is 5.69 Å². The maximum atomic E-state index is 12.2. The van der Waals surface area contributed by atoms with Crippen molar-refractivity contribution >= 4 is 22.5 Å². The number of benzene rings is 2. The van der Waals surface area contributed by atoms with E-state index in [1.165, 1.54) is 12.1 Å². The summed E-state index contributed by atoms with van der Waals surface area (Å²) < 4.78 is 2.08. The molecule has 1 amide bonds. The van der Waals surface area contributed by atoms with E-state index in [1.807, 2.05) is 36.5 Å². The Balaban J connectivity index is 1.63. The normalized spacial score (nSPS) is 10.7. The van der Waals surface area contributed by atoms with Crippen LogP contribution in [0.25, 0.3) is 10.9 Å². The molecule has 0 fully saturated rings. The van der Waals surface area contributed by atoms with E-state index in [1.54, 1.807) is 13.0 Å². The van der Waals surface area contributed by atoms with Crippen molar-refractivity contribution in [2.75, 3.05) is 6.54 Å². The van der Waals surface area contributed by atoms with Crippen molar-refractivity contribution in [2.45, 2.75) is 13.5 Å². The van der Waals surface area contributed by atoms with Crippen LogP contribution in [-0.2, 0) is 6.54 Å². The Kier molecular flexibility index (Phi) is 4.29. The second kappa shape index (κ2) is 6.54. The number of amides is 1. The van der Waals surface area contributed by atoms with Crippen molar-refractivity contribution in [3.8, 4) is 0 Å². The summed E-state index contributed by atoms with van der Waals surface area (Å²) in [6, 6.07) is 14.5. The summed E-state index contributed by atoms with van der Waals surface area (Å²) in [4.78, 5) is 22.5. The second-order valence-corrected chi connectivity index (χ2v) is 5.58. The molecule has 0 aliphatic rings. The van der Waals surface area contributed by atoms with Gasteiger partial charge in [-0.25, -0.2) is 0 Å². The van der Waals surface area contributed by atoms with Gasteiger partial charge in [0.2, 0.25) is 0 Å². The number of aryl methyl sites for hydroxylation is 1. The minimum Gasteiger partial charge on any atom is -0.350 e. The van der Waals surface area contributed by atoms with E-state index in [0.29, 0.717) is 24.2 Å². The highest BCUT2D eigenvalue weighted by Crippen LogP contribution is 2.18. The van der Waals surface area contributed by atoms with Crippen molar-refractivity contribution in [3.63, 3.8) is 0 Å². The van der Waals surface area contributed by atoms with Crippen LogP contribution in [0.15, 0.2) is 54.7 Å². The smallest absolute Gasteiger partial charge is 0.272 e. The molecule has 122 valence electrons. The zero-order chi connectivity index (χ0) is 17.1.